The number of benzene rings is 1. The molecule has 0 aromatic heterocycles. The van der Waals surface area contributed by atoms with Crippen molar-refractivity contribution < 1.29 is 4.92 Å². The van der Waals surface area contributed by atoms with Gasteiger partial charge in [-0.15, -0.1) is 0 Å². The smallest absolute Gasteiger partial charge is 0.272 e. The lowest BCUT2D eigenvalue weighted by molar-refractivity contribution is -0.384. The van der Waals surface area contributed by atoms with Gasteiger partial charge in [0.1, 0.15) is 5.69 Å². The zero-order valence-corrected chi connectivity index (χ0v) is 7.10. The van der Waals surface area contributed by atoms with Gasteiger partial charge in [0.2, 0.25) is 0 Å². The van der Waals surface area contributed by atoms with Crippen LogP contribution in [-0.2, 0) is 0 Å². The van der Waals surface area contributed by atoms with Crippen LogP contribution in [0.5, 0.6) is 0 Å². The van der Waals surface area contributed by atoms with Crippen molar-refractivity contribution in [2.45, 2.75) is 6.92 Å². The molecule has 0 unspecified atom stereocenters. The fourth-order valence-corrected chi connectivity index (χ4v) is 0.861. The molecule has 68 valence electrons. The number of nitrogens with zero attached hydrogens (tertiary/aromatic N) is 2. The zero-order chi connectivity index (χ0) is 9.68. The first-order valence-electron chi connectivity index (χ1n) is 3.73. The summed E-state index contributed by atoms with van der Waals surface area (Å²) in [7, 11) is 0. The van der Waals surface area contributed by atoms with Gasteiger partial charge in [-0.25, -0.2) is 0 Å². The molecule has 0 spiro atoms. The van der Waals surface area contributed by atoms with E-state index in [-0.39, 0.29) is 5.69 Å². The number of anilines is 1. The quantitative estimate of drug-likeness (QED) is 0.438. The minimum atomic E-state index is -0.451. The highest BCUT2D eigenvalue weighted by Crippen LogP contribution is 2.22. The summed E-state index contributed by atoms with van der Waals surface area (Å²) in [6, 6.07) is 6.35. The van der Waals surface area contributed by atoms with Crippen LogP contribution in [0, 0.1) is 10.1 Å². The number of para-hydroxylation sites is 2. The summed E-state index contributed by atoms with van der Waals surface area (Å²) in [6.45, 7) is 1.72. The van der Waals surface area contributed by atoms with Crippen LogP contribution in [0.4, 0.5) is 11.4 Å². The minimum Gasteiger partial charge on any atom is -0.272 e. The van der Waals surface area contributed by atoms with Crippen LogP contribution >= 0.6 is 0 Å². The number of hydrazone groups is 1. The van der Waals surface area contributed by atoms with E-state index in [1.54, 1.807) is 25.1 Å². The summed E-state index contributed by atoms with van der Waals surface area (Å²) in [5.74, 6) is 0. The van der Waals surface area contributed by atoms with Crippen molar-refractivity contribution in [3.63, 3.8) is 0 Å². The first kappa shape index (κ1) is 9.18. The van der Waals surface area contributed by atoms with Gasteiger partial charge in [-0.05, 0) is 13.0 Å². The molecule has 5 nitrogen and oxygen atoms in total. The molecular weight excluding hydrogens is 170 g/mol. The molecule has 0 saturated heterocycles. The molecule has 0 aliphatic carbocycles. The summed E-state index contributed by atoms with van der Waals surface area (Å²) >= 11 is 0. The van der Waals surface area contributed by atoms with Gasteiger partial charge in [0.05, 0.1) is 4.92 Å². The molecule has 13 heavy (non-hydrogen) atoms. The Morgan fingerprint density at radius 1 is 1.54 bits per heavy atom. The molecular formula is C8H9N3O2. The molecule has 0 atom stereocenters. The maximum Gasteiger partial charge on any atom is 0.294 e. The van der Waals surface area contributed by atoms with Crippen LogP contribution in [0.1, 0.15) is 6.92 Å². The molecule has 1 N–H and O–H groups in total. The van der Waals surface area contributed by atoms with Gasteiger partial charge in [0, 0.05) is 12.3 Å². The van der Waals surface area contributed by atoms with Crippen molar-refractivity contribution in [1.29, 1.82) is 0 Å². The van der Waals surface area contributed by atoms with Crippen LogP contribution < -0.4 is 5.43 Å². The molecule has 0 fully saturated rings. The van der Waals surface area contributed by atoms with Gasteiger partial charge >= 0.3 is 0 Å². The third-order valence-electron chi connectivity index (χ3n) is 1.41. The third-order valence-corrected chi connectivity index (χ3v) is 1.41. The molecule has 0 heterocycles. The predicted octanol–water partition coefficient (Wildman–Crippen LogP) is 2.01. The number of nitro groups is 1. The Labute approximate surface area is 75.2 Å². The predicted molar refractivity (Wildman–Crippen MR) is 50.9 cm³/mol. The Kier molecular flexibility index (Phi) is 2.97. The summed E-state index contributed by atoms with van der Waals surface area (Å²) in [6.07, 6.45) is 1.52. The summed E-state index contributed by atoms with van der Waals surface area (Å²) < 4.78 is 0. The molecule has 5 heteroatoms. The third kappa shape index (κ3) is 2.26. The van der Waals surface area contributed by atoms with Gasteiger partial charge in [-0.1, -0.05) is 12.1 Å². The fraction of sp³-hybridized carbons (Fsp3) is 0.125. The van der Waals surface area contributed by atoms with E-state index in [0.717, 1.165) is 0 Å². The number of nitro benzene ring substituents is 1. The van der Waals surface area contributed by atoms with E-state index in [4.69, 9.17) is 0 Å². The van der Waals surface area contributed by atoms with Crippen molar-refractivity contribution in [2.75, 3.05) is 5.43 Å². The highest BCUT2D eigenvalue weighted by Gasteiger charge is 2.10. The molecule has 0 radical (unpaired) electrons. The first-order chi connectivity index (χ1) is 6.25. The second-order valence-corrected chi connectivity index (χ2v) is 2.27. The molecule has 0 aliphatic rings. The van der Waals surface area contributed by atoms with Crippen molar-refractivity contribution >= 4 is 17.6 Å². The van der Waals surface area contributed by atoms with Gasteiger partial charge in [-0.2, -0.15) is 5.10 Å². The maximum atomic E-state index is 10.5. The maximum absolute atomic E-state index is 10.5. The number of nitrogens with one attached hydrogen (secondary N) is 1. The minimum absolute atomic E-state index is 0.0214. The van der Waals surface area contributed by atoms with E-state index in [0.29, 0.717) is 5.69 Å². The molecule has 0 aliphatic heterocycles. The highest BCUT2D eigenvalue weighted by molar-refractivity contribution is 5.63. The summed E-state index contributed by atoms with van der Waals surface area (Å²) in [4.78, 5) is 10.0. The number of hydrogen-bond donors (Lipinski definition) is 1. The summed E-state index contributed by atoms with van der Waals surface area (Å²) in [5.41, 5.74) is 2.99. The second kappa shape index (κ2) is 4.20. The Morgan fingerprint density at radius 2 is 2.23 bits per heavy atom. The van der Waals surface area contributed by atoms with E-state index < -0.39 is 4.92 Å². The molecule has 1 rings (SSSR count). The van der Waals surface area contributed by atoms with Crippen LogP contribution in [0.3, 0.4) is 0 Å². The van der Waals surface area contributed by atoms with Gasteiger partial charge < -0.3 is 0 Å². The fourth-order valence-electron chi connectivity index (χ4n) is 0.861. The van der Waals surface area contributed by atoms with Gasteiger partial charge in [0.15, 0.2) is 0 Å². The number of hydrogen-bond acceptors (Lipinski definition) is 4. The van der Waals surface area contributed by atoms with Crippen molar-refractivity contribution in [3.8, 4) is 0 Å². The zero-order valence-electron chi connectivity index (χ0n) is 7.10. The van der Waals surface area contributed by atoms with Crippen LogP contribution in [0.25, 0.3) is 0 Å². The largest absolute Gasteiger partial charge is 0.294 e. The van der Waals surface area contributed by atoms with Gasteiger partial charge in [0.25, 0.3) is 5.69 Å². The number of rotatable bonds is 3. The standard InChI is InChI=1S/C8H9N3O2/c1-2-9-10-7-5-3-4-6-8(7)11(12)13/h2-6,10H,1H3/b9-2-. The van der Waals surface area contributed by atoms with Crippen LogP contribution in [0.2, 0.25) is 0 Å². The summed E-state index contributed by atoms with van der Waals surface area (Å²) in [5, 5.41) is 14.2. The molecule has 0 bridgehead atoms. The topological polar surface area (TPSA) is 67.5 Å². The van der Waals surface area contributed by atoms with Crippen LogP contribution in [-0.4, -0.2) is 11.1 Å². The lowest BCUT2D eigenvalue weighted by Crippen LogP contribution is -1.95. The Morgan fingerprint density at radius 3 is 2.85 bits per heavy atom. The average Bonchev–Trinajstić information content (AvgIpc) is 2.15. The lowest BCUT2D eigenvalue weighted by Gasteiger charge is -1.99. The van der Waals surface area contributed by atoms with E-state index in [2.05, 4.69) is 10.5 Å². The second-order valence-electron chi connectivity index (χ2n) is 2.27. The molecule has 1 aromatic rings. The van der Waals surface area contributed by atoms with E-state index in [9.17, 15) is 10.1 Å². The van der Waals surface area contributed by atoms with Crippen molar-refractivity contribution in [2.24, 2.45) is 5.10 Å². The monoisotopic (exact) mass is 179 g/mol. The lowest BCUT2D eigenvalue weighted by atomic mass is 10.3. The van der Waals surface area contributed by atoms with Gasteiger partial charge in [-0.3, -0.25) is 15.5 Å². The van der Waals surface area contributed by atoms with E-state index in [1.807, 2.05) is 0 Å². The average molecular weight is 179 g/mol. The highest BCUT2D eigenvalue weighted by atomic mass is 16.6. The molecule has 0 saturated carbocycles. The first-order valence-corrected chi connectivity index (χ1v) is 3.73. The van der Waals surface area contributed by atoms with E-state index in [1.165, 1.54) is 12.3 Å². The Balaban J connectivity index is 2.97. The van der Waals surface area contributed by atoms with Crippen LogP contribution in [0.15, 0.2) is 29.4 Å². The van der Waals surface area contributed by atoms with Crippen molar-refractivity contribution in [1.82, 2.24) is 0 Å². The normalized spacial score (nSPS) is 10.2. The van der Waals surface area contributed by atoms with Crippen molar-refractivity contribution in [3.05, 3.63) is 34.4 Å². The molecule has 0 amide bonds. The molecule has 1 aromatic carbocycles. The van der Waals surface area contributed by atoms with E-state index >= 15 is 0 Å². The Hall–Kier alpha value is -1.91. The SMILES string of the molecule is C/C=N\Nc1ccccc1[N+](=O)[O-]. The Bertz CT molecular complexity index is 336.